The fourth-order valence-corrected chi connectivity index (χ4v) is 3.73. The molecule has 4 aromatic rings. The van der Waals surface area contributed by atoms with E-state index in [0.29, 0.717) is 17.1 Å². The van der Waals surface area contributed by atoms with Crippen molar-refractivity contribution in [2.24, 2.45) is 0 Å². The van der Waals surface area contributed by atoms with Gasteiger partial charge in [0, 0.05) is 35.9 Å². The normalized spacial score (nSPS) is 14.3. The molecule has 0 radical (unpaired) electrons. The SMILES string of the molecule is Cc1cnc(Nc2ccc3c(c2)OC(F)(F)O3)nc1-n1ccc(C(=O)NC(CO)c2ccccc2)c1. The molecule has 9 nitrogen and oxygen atoms in total. The molecule has 1 aliphatic heterocycles. The van der Waals surface area contributed by atoms with Crippen LogP contribution >= 0.6 is 0 Å². The quantitative estimate of drug-likeness (QED) is 0.356. The van der Waals surface area contributed by atoms with Crippen LogP contribution in [0.1, 0.15) is 27.5 Å². The summed E-state index contributed by atoms with van der Waals surface area (Å²) in [7, 11) is 0. The van der Waals surface area contributed by atoms with E-state index in [9.17, 15) is 18.7 Å². The van der Waals surface area contributed by atoms with E-state index in [-0.39, 0.29) is 30.0 Å². The number of benzene rings is 2. The van der Waals surface area contributed by atoms with E-state index in [1.165, 1.54) is 18.2 Å². The largest absolute Gasteiger partial charge is 0.586 e. The Bertz CT molecular complexity index is 1410. The second-order valence-corrected chi connectivity index (χ2v) is 8.08. The summed E-state index contributed by atoms with van der Waals surface area (Å²) in [5, 5.41) is 15.5. The highest BCUT2D eigenvalue weighted by atomic mass is 19.3. The highest BCUT2D eigenvalue weighted by molar-refractivity contribution is 5.94. The van der Waals surface area contributed by atoms with E-state index >= 15 is 0 Å². The maximum absolute atomic E-state index is 13.3. The van der Waals surface area contributed by atoms with Crippen molar-refractivity contribution in [3.05, 3.63) is 89.9 Å². The summed E-state index contributed by atoms with van der Waals surface area (Å²) in [6, 6.07) is 14.6. The van der Waals surface area contributed by atoms with Crippen LogP contribution in [0.3, 0.4) is 0 Å². The van der Waals surface area contributed by atoms with Gasteiger partial charge in [-0.3, -0.25) is 4.79 Å². The number of hydrogen-bond acceptors (Lipinski definition) is 7. The Kier molecular flexibility index (Phi) is 5.98. The summed E-state index contributed by atoms with van der Waals surface area (Å²) in [6.07, 6.45) is 1.21. The number of alkyl halides is 2. The number of carbonyl (C=O) groups excluding carboxylic acids is 1. The number of carbonyl (C=O) groups is 1. The monoisotopic (exact) mass is 493 g/mol. The Morgan fingerprint density at radius 1 is 1.14 bits per heavy atom. The van der Waals surface area contributed by atoms with Gasteiger partial charge in [-0.2, -0.15) is 4.98 Å². The molecule has 1 amide bonds. The molecule has 0 saturated heterocycles. The van der Waals surface area contributed by atoms with Crippen molar-refractivity contribution >= 4 is 17.5 Å². The van der Waals surface area contributed by atoms with Crippen molar-refractivity contribution in [2.45, 2.75) is 19.3 Å². The van der Waals surface area contributed by atoms with Crippen LogP contribution in [0.25, 0.3) is 5.82 Å². The Hall–Kier alpha value is -4.51. The van der Waals surface area contributed by atoms with Gasteiger partial charge in [0.15, 0.2) is 11.5 Å². The van der Waals surface area contributed by atoms with Crippen LogP contribution in [-0.2, 0) is 0 Å². The van der Waals surface area contributed by atoms with Crippen LogP contribution in [0.4, 0.5) is 20.4 Å². The van der Waals surface area contributed by atoms with Crippen molar-refractivity contribution < 1.29 is 28.2 Å². The van der Waals surface area contributed by atoms with E-state index in [2.05, 4.69) is 30.1 Å². The molecule has 2 aromatic heterocycles. The predicted octanol–water partition coefficient (Wildman–Crippen LogP) is 4.10. The number of anilines is 2. The summed E-state index contributed by atoms with van der Waals surface area (Å²) in [4.78, 5) is 21.6. The van der Waals surface area contributed by atoms with Crippen molar-refractivity contribution in [3.8, 4) is 17.3 Å². The third-order valence-corrected chi connectivity index (χ3v) is 5.49. The second kappa shape index (κ2) is 9.27. The number of fused-ring (bicyclic) bond motifs is 1. The topological polar surface area (TPSA) is 111 Å². The van der Waals surface area contributed by atoms with Crippen molar-refractivity contribution in [1.29, 1.82) is 0 Å². The summed E-state index contributed by atoms with van der Waals surface area (Å²) in [6.45, 7) is 1.58. The molecular formula is C25H21F2N5O4. The molecule has 3 heterocycles. The average molecular weight is 493 g/mol. The van der Waals surface area contributed by atoms with Gasteiger partial charge in [0.2, 0.25) is 5.95 Å². The van der Waals surface area contributed by atoms with Gasteiger partial charge in [0.1, 0.15) is 5.82 Å². The van der Waals surface area contributed by atoms with Crippen molar-refractivity contribution in [3.63, 3.8) is 0 Å². The van der Waals surface area contributed by atoms with Gasteiger partial charge >= 0.3 is 6.29 Å². The van der Waals surface area contributed by atoms with E-state index in [4.69, 9.17) is 0 Å². The molecule has 1 atom stereocenters. The lowest BCUT2D eigenvalue weighted by Crippen LogP contribution is -2.30. The summed E-state index contributed by atoms with van der Waals surface area (Å²) < 4.78 is 37.1. The standard InChI is InChI=1S/C25H21F2N5O4/c1-15-12-28-24(29-18-7-8-20-21(11-18)36-25(26,27)35-20)31-22(15)32-10-9-17(13-32)23(34)30-19(14-33)16-5-3-2-4-6-16/h2-13,19,33H,14H2,1H3,(H,30,34)(H,28,29,31). The zero-order chi connectivity index (χ0) is 25.3. The maximum atomic E-state index is 13.3. The van der Waals surface area contributed by atoms with Gasteiger partial charge in [-0.1, -0.05) is 30.3 Å². The summed E-state index contributed by atoms with van der Waals surface area (Å²) in [5.41, 5.74) is 2.34. The number of aryl methyl sites for hydroxylation is 1. The van der Waals surface area contributed by atoms with Crippen LogP contribution in [-0.4, -0.2) is 38.5 Å². The van der Waals surface area contributed by atoms with Crippen LogP contribution in [0.5, 0.6) is 11.5 Å². The van der Waals surface area contributed by atoms with Gasteiger partial charge < -0.3 is 29.8 Å². The Morgan fingerprint density at radius 3 is 2.69 bits per heavy atom. The fraction of sp³-hybridized carbons (Fsp3) is 0.160. The van der Waals surface area contributed by atoms with Crippen molar-refractivity contribution in [1.82, 2.24) is 19.9 Å². The first-order chi connectivity index (χ1) is 17.3. The number of aliphatic hydroxyl groups excluding tert-OH is 1. The lowest BCUT2D eigenvalue weighted by molar-refractivity contribution is -0.286. The number of amides is 1. The van der Waals surface area contributed by atoms with E-state index < -0.39 is 12.3 Å². The number of nitrogens with one attached hydrogen (secondary N) is 2. The highest BCUT2D eigenvalue weighted by Gasteiger charge is 2.43. The first-order valence-electron chi connectivity index (χ1n) is 11.0. The van der Waals surface area contributed by atoms with Crippen molar-refractivity contribution in [2.75, 3.05) is 11.9 Å². The number of halogens is 2. The maximum Gasteiger partial charge on any atom is 0.586 e. The number of aromatic nitrogens is 3. The molecule has 0 fully saturated rings. The van der Waals surface area contributed by atoms with Gasteiger partial charge in [-0.15, -0.1) is 8.78 Å². The fourth-order valence-electron chi connectivity index (χ4n) is 3.73. The highest BCUT2D eigenvalue weighted by Crippen LogP contribution is 2.42. The molecule has 1 unspecified atom stereocenters. The molecular weight excluding hydrogens is 472 g/mol. The van der Waals surface area contributed by atoms with E-state index in [1.807, 2.05) is 37.3 Å². The Morgan fingerprint density at radius 2 is 1.92 bits per heavy atom. The predicted molar refractivity (Wildman–Crippen MR) is 126 cm³/mol. The van der Waals surface area contributed by atoms with Gasteiger partial charge in [0.05, 0.1) is 18.2 Å². The minimum absolute atomic E-state index is 0.0649. The van der Waals surface area contributed by atoms with Crippen LogP contribution < -0.4 is 20.1 Å². The molecule has 0 saturated carbocycles. The lowest BCUT2D eigenvalue weighted by Gasteiger charge is -2.16. The molecule has 0 bridgehead atoms. The molecule has 3 N–H and O–H groups in total. The number of nitrogens with zero attached hydrogens (tertiary/aromatic N) is 3. The molecule has 5 rings (SSSR count). The molecule has 2 aromatic carbocycles. The molecule has 36 heavy (non-hydrogen) atoms. The zero-order valence-corrected chi connectivity index (χ0v) is 19.0. The Balaban J connectivity index is 1.33. The molecule has 1 aliphatic rings. The van der Waals surface area contributed by atoms with Gasteiger partial charge in [-0.05, 0) is 30.7 Å². The molecule has 0 aliphatic carbocycles. The minimum atomic E-state index is -3.70. The first-order valence-corrected chi connectivity index (χ1v) is 11.0. The number of hydrogen-bond donors (Lipinski definition) is 3. The lowest BCUT2D eigenvalue weighted by atomic mass is 10.1. The first kappa shape index (κ1) is 23.2. The number of aliphatic hydroxyl groups is 1. The minimum Gasteiger partial charge on any atom is -0.395 e. The number of ether oxygens (including phenoxy) is 2. The molecule has 184 valence electrons. The summed E-state index contributed by atoms with van der Waals surface area (Å²) >= 11 is 0. The zero-order valence-electron chi connectivity index (χ0n) is 19.0. The van der Waals surface area contributed by atoms with E-state index in [1.54, 1.807) is 29.2 Å². The van der Waals surface area contributed by atoms with Crippen LogP contribution in [0.15, 0.2) is 73.2 Å². The number of rotatable bonds is 7. The average Bonchev–Trinajstić information content (AvgIpc) is 3.47. The van der Waals surface area contributed by atoms with Crippen LogP contribution in [0, 0.1) is 6.92 Å². The van der Waals surface area contributed by atoms with Gasteiger partial charge in [0.25, 0.3) is 5.91 Å². The van der Waals surface area contributed by atoms with Gasteiger partial charge in [-0.25, -0.2) is 4.98 Å². The smallest absolute Gasteiger partial charge is 0.395 e. The Labute approximate surface area is 204 Å². The molecule has 0 spiro atoms. The second-order valence-electron chi connectivity index (χ2n) is 8.08. The molecule has 11 heteroatoms. The summed E-state index contributed by atoms with van der Waals surface area (Å²) in [5.74, 6) is 0.213. The van der Waals surface area contributed by atoms with Crippen LogP contribution in [0.2, 0.25) is 0 Å². The third kappa shape index (κ3) is 4.82. The van der Waals surface area contributed by atoms with E-state index in [0.717, 1.165) is 11.1 Å². The third-order valence-electron chi connectivity index (χ3n) is 5.49.